The van der Waals surface area contributed by atoms with E-state index in [-0.39, 0.29) is 29.4 Å². The van der Waals surface area contributed by atoms with Crippen LogP contribution in [0.3, 0.4) is 0 Å². The molecule has 1 saturated carbocycles. The van der Waals surface area contributed by atoms with E-state index in [1.807, 2.05) is 0 Å². The molecule has 3 unspecified atom stereocenters. The van der Waals surface area contributed by atoms with Crippen LogP contribution in [0, 0.1) is 10.8 Å². The lowest BCUT2D eigenvalue weighted by molar-refractivity contribution is -0.146. The molecule has 5 nitrogen and oxygen atoms in total. The third-order valence-electron chi connectivity index (χ3n) is 4.13. The predicted molar refractivity (Wildman–Crippen MR) is 83.8 cm³/mol. The van der Waals surface area contributed by atoms with Gasteiger partial charge in [-0.05, 0) is 30.1 Å². The number of carbonyl (C=O) groups is 1. The molecule has 21 heavy (non-hydrogen) atoms. The van der Waals surface area contributed by atoms with E-state index >= 15 is 0 Å². The van der Waals surface area contributed by atoms with Gasteiger partial charge in [0, 0.05) is 25.6 Å². The maximum Gasteiger partial charge on any atom is 0.305 e. The van der Waals surface area contributed by atoms with Crippen LogP contribution in [0.25, 0.3) is 0 Å². The minimum atomic E-state index is -0.658. The van der Waals surface area contributed by atoms with E-state index in [1.165, 1.54) is 0 Å². The van der Waals surface area contributed by atoms with Crippen molar-refractivity contribution in [3.8, 4) is 0 Å². The summed E-state index contributed by atoms with van der Waals surface area (Å²) in [6.45, 7) is 9.84. The van der Waals surface area contributed by atoms with Gasteiger partial charge in [-0.3, -0.25) is 4.79 Å². The number of nitrogens with two attached hydrogens (primary N) is 1. The molecule has 1 rings (SSSR count). The second kappa shape index (κ2) is 7.56. The molecule has 5 heteroatoms. The zero-order valence-electron chi connectivity index (χ0n) is 13.9. The third kappa shape index (κ3) is 6.76. The second-order valence-corrected chi connectivity index (χ2v) is 7.64. The Morgan fingerprint density at radius 1 is 1.43 bits per heavy atom. The first-order valence-corrected chi connectivity index (χ1v) is 7.96. The van der Waals surface area contributed by atoms with Crippen LogP contribution in [0.4, 0.5) is 0 Å². The maximum absolute atomic E-state index is 11.0. The van der Waals surface area contributed by atoms with Gasteiger partial charge in [0.25, 0.3) is 0 Å². The van der Waals surface area contributed by atoms with Gasteiger partial charge < -0.3 is 20.9 Å². The zero-order chi connectivity index (χ0) is 16.1. The SMILES string of the molecule is CCC(=O)OCC(O)CNCC1(C)CC(N)CC(C)(C)C1. The minimum Gasteiger partial charge on any atom is -0.463 e. The number of hydrogen-bond acceptors (Lipinski definition) is 5. The molecule has 0 aromatic heterocycles. The fraction of sp³-hybridized carbons (Fsp3) is 0.938. The van der Waals surface area contributed by atoms with Crippen LogP contribution >= 0.6 is 0 Å². The Kier molecular flexibility index (Phi) is 6.63. The molecule has 124 valence electrons. The summed E-state index contributed by atoms with van der Waals surface area (Å²) in [7, 11) is 0. The molecule has 4 N–H and O–H groups in total. The lowest BCUT2D eigenvalue weighted by atomic mass is 9.63. The number of aliphatic hydroxyl groups excluding tert-OH is 1. The molecular weight excluding hydrogens is 268 g/mol. The van der Waals surface area contributed by atoms with Gasteiger partial charge >= 0.3 is 5.97 Å². The lowest BCUT2D eigenvalue weighted by Crippen LogP contribution is -2.47. The van der Waals surface area contributed by atoms with Gasteiger partial charge in [0.1, 0.15) is 12.7 Å². The summed E-state index contributed by atoms with van der Waals surface area (Å²) in [6, 6.07) is 0.246. The van der Waals surface area contributed by atoms with Gasteiger partial charge in [-0.25, -0.2) is 0 Å². The minimum absolute atomic E-state index is 0.0569. The highest BCUT2D eigenvalue weighted by Gasteiger charge is 2.39. The van der Waals surface area contributed by atoms with Crippen molar-refractivity contribution >= 4 is 5.97 Å². The van der Waals surface area contributed by atoms with Crippen molar-refractivity contribution in [2.24, 2.45) is 16.6 Å². The molecule has 0 aromatic carbocycles. The molecular formula is C16H32N2O3. The molecule has 1 aliphatic carbocycles. The summed E-state index contributed by atoms with van der Waals surface area (Å²) >= 11 is 0. The van der Waals surface area contributed by atoms with Crippen molar-refractivity contribution in [2.45, 2.75) is 65.5 Å². The van der Waals surface area contributed by atoms with Crippen molar-refractivity contribution in [3.05, 3.63) is 0 Å². The average molecular weight is 300 g/mol. The summed E-state index contributed by atoms with van der Waals surface area (Å²) < 4.78 is 4.92. The second-order valence-electron chi connectivity index (χ2n) is 7.64. The van der Waals surface area contributed by atoms with E-state index in [2.05, 4.69) is 26.1 Å². The Labute approximate surface area is 128 Å². The van der Waals surface area contributed by atoms with E-state index in [1.54, 1.807) is 6.92 Å². The third-order valence-corrected chi connectivity index (χ3v) is 4.13. The Hall–Kier alpha value is -0.650. The van der Waals surface area contributed by atoms with E-state index in [0.29, 0.717) is 13.0 Å². The number of nitrogens with one attached hydrogen (secondary N) is 1. The smallest absolute Gasteiger partial charge is 0.305 e. The molecule has 0 aliphatic heterocycles. The quantitative estimate of drug-likeness (QED) is 0.619. The number of rotatable bonds is 7. The Morgan fingerprint density at radius 3 is 2.67 bits per heavy atom. The number of ether oxygens (including phenoxy) is 1. The van der Waals surface area contributed by atoms with Crippen LogP contribution < -0.4 is 11.1 Å². The number of carbonyl (C=O) groups excluding carboxylic acids is 1. The van der Waals surface area contributed by atoms with Gasteiger partial charge in [0.2, 0.25) is 0 Å². The predicted octanol–water partition coefficient (Wildman–Crippen LogP) is 1.43. The van der Waals surface area contributed by atoms with Crippen molar-refractivity contribution in [2.75, 3.05) is 19.7 Å². The number of aliphatic hydroxyl groups is 1. The van der Waals surface area contributed by atoms with Crippen LogP contribution in [0.15, 0.2) is 0 Å². The molecule has 3 atom stereocenters. The van der Waals surface area contributed by atoms with Crippen LogP contribution in [-0.2, 0) is 9.53 Å². The monoisotopic (exact) mass is 300 g/mol. The highest BCUT2D eigenvalue weighted by molar-refractivity contribution is 5.68. The van der Waals surface area contributed by atoms with Crippen LogP contribution in [0.1, 0.15) is 53.4 Å². The normalized spacial score (nSPS) is 29.9. The summed E-state index contributed by atoms with van der Waals surface area (Å²) in [4.78, 5) is 11.0. The van der Waals surface area contributed by atoms with E-state index in [0.717, 1.165) is 25.8 Å². The summed E-state index contributed by atoms with van der Waals surface area (Å²) in [5.74, 6) is -0.277. The lowest BCUT2D eigenvalue weighted by Gasteiger charge is -2.46. The molecule has 0 radical (unpaired) electrons. The molecule has 1 aliphatic rings. The first-order valence-electron chi connectivity index (χ1n) is 7.96. The van der Waals surface area contributed by atoms with Crippen LogP contribution in [-0.4, -0.2) is 42.9 Å². The van der Waals surface area contributed by atoms with Crippen molar-refractivity contribution in [1.29, 1.82) is 0 Å². The van der Waals surface area contributed by atoms with Crippen LogP contribution in [0.2, 0.25) is 0 Å². The number of hydrogen-bond donors (Lipinski definition) is 3. The Morgan fingerprint density at radius 2 is 2.10 bits per heavy atom. The van der Waals surface area contributed by atoms with Crippen LogP contribution in [0.5, 0.6) is 0 Å². The molecule has 0 spiro atoms. The zero-order valence-corrected chi connectivity index (χ0v) is 13.9. The standard InChI is InChI=1S/C16H32N2O3/c1-5-14(20)21-9-13(19)8-18-11-16(4)7-12(17)6-15(2,3)10-16/h12-13,18-19H,5-11,17H2,1-4H3. The molecule has 0 saturated heterocycles. The fourth-order valence-electron chi connectivity index (χ4n) is 3.74. The first kappa shape index (κ1) is 18.4. The molecule has 1 fully saturated rings. The number of esters is 1. The maximum atomic E-state index is 11.0. The van der Waals surface area contributed by atoms with Crippen molar-refractivity contribution in [3.63, 3.8) is 0 Å². The van der Waals surface area contributed by atoms with Crippen molar-refractivity contribution < 1.29 is 14.6 Å². The summed E-state index contributed by atoms with van der Waals surface area (Å²) in [6.07, 6.45) is 2.88. The van der Waals surface area contributed by atoms with Gasteiger partial charge in [0.15, 0.2) is 0 Å². The summed E-state index contributed by atoms with van der Waals surface area (Å²) in [5.41, 5.74) is 6.60. The highest BCUT2D eigenvalue weighted by atomic mass is 16.5. The van der Waals surface area contributed by atoms with Gasteiger partial charge in [-0.2, -0.15) is 0 Å². The first-order chi connectivity index (χ1) is 9.66. The van der Waals surface area contributed by atoms with E-state index in [9.17, 15) is 9.90 Å². The van der Waals surface area contributed by atoms with E-state index < -0.39 is 6.10 Å². The largest absolute Gasteiger partial charge is 0.463 e. The van der Waals surface area contributed by atoms with E-state index in [4.69, 9.17) is 10.5 Å². The molecule has 0 amide bonds. The topological polar surface area (TPSA) is 84.6 Å². The molecule has 0 heterocycles. The van der Waals surface area contributed by atoms with Gasteiger partial charge in [0.05, 0.1) is 0 Å². The van der Waals surface area contributed by atoms with Crippen molar-refractivity contribution in [1.82, 2.24) is 5.32 Å². The Balaban J connectivity index is 2.32. The fourth-order valence-corrected chi connectivity index (χ4v) is 3.74. The molecule has 0 bridgehead atoms. The summed E-state index contributed by atoms with van der Waals surface area (Å²) in [5, 5.41) is 13.1. The average Bonchev–Trinajstić information content (AvgIpc) is 2.32. The Bertz CT molecular complexity index is 346. The van der Waals surface area contributed by atoms with Gasteiger partial charge in [-0.15, -0.1) is 0 Å². The highest BCUT2D eigenvalue weighted by Crippen LogP contribution is 2.45. The van der Waals surface area contributed by atoms with Gasteiger partial charge in [-0.1, -0.05) is 27.7 Å². The molecule has 0 aromatic rings.